The van der Waals surface area contributed by atoms with E-state index in [1.54, 1.807) is 24.3 Å². The van der Waals surface area contributed by atoms with E-state index in [9.17, 15) is 8.42 Å². The number of hydrogen-bond acceptors (Lipinski definition) is 5. The van der Waals surface area contributed by atoms with E-state index in [1.807, 2.05) is 0 Å². The van der Waals surface area contributed by atoms with E-state index in [-0.39, 0.29) is 15.5 Å². The van der Waals surface area contributed by atoms with Gasteiger partial charge in [0.05, 0.1) is 26.2 Å². The first-order valence-electron chi connectivity index (χ1n) is 6.14. The summed E-state index contributed by atoms with van der Waals surface area (Å²) < 4.78 is 40.7. The van der Waals surface area contributed by atoms with Crippen molar-refractivity contribution in [3.63, 3.8) is 0 Å². The second kappa shape index (κ2) is 6.05. The zero-order valence-corrected chi connectivity index (χ0v) is 12.8. The molecule has 0 aromatic heterocycles. The van der Waals surface area contributed by atoms with Crippen molar-refractivity contribution in [1.82, 2.24) is 0 Å². The Labute approximate surface area is 124 Å². The van der Waals surface area contributed by atoms with Crippen LogP contribution in [0.4, 0.5) is 0 Å². The monoisotopic (exact) mass is 308 g/mol. The van der Waals surface area contributed by atoms with Gasteiger partial charge < -0.3 is 14.2 Å². The van der Waals surface area contributed by atoms with Gasteiger partial charge in [0.25, 0.3) is 0 Å². The third-order valence-electron chi connectivity index (χ3n) is 3.03. The lowest BCUT2D eigenvalue weighted by atomic mass is 10.3. The summed E-state index contributed by atoms with van der Waals surface area (Å²) in [5, 5.41) is 0. The Morgan fingerprint density at radius 2 is 1.33 bits per heavy atom. The van der Waals surface area contributed by atoms with Crippen LogP contribution in [0.15, 0.2) is 52.3 Å². The molecule has 2 aromatic carbocycles. The van der Waals surface area contributed by atoms with E-state index in [0.717, 1.165) is 0 Å². The zero-order valence-electron chi connectivity index (χ0n) is 12.0. The van der Waals surface area contributed by atoms with Crippen LogP contribution in [-0.4, -0.2) is 29.7 Å². The average Bonchev–Trinajstić information content (AvgIpc) is 2.54. The number of sulfone groups is 1. The number of benzene rings is 2. The Morgan fingerprint density at radius 3 is 1.86 bits per heavy atom. The molecule has 112 valence electrons. The first kappa shape index (κ1) is 15.2. The van der Waals surface area contributed by atoms with E-state index < -0.39 is 9.84 Å². The van der Waals surface area contributed by atoms with Crippen molar-refractivity contribution in [2.75, 3.05) is 21.3 Å². The van der Waals surface area contributed by atoms with Crippen LogP contribution in [-0.2, 0) is 9.84 Å². The van der Waals surface area contributed by atoms with Crippen molar-refractivity contribution in [3.05, 3.63) is 42.5 Å². The summed E-state index contributed by atoms with van der Waals surface area (Å²) in [6.45, 7) is 0. The first-order chi connectivity index (χ1) is 10.0. The van der Waals surface area contributed by atoms with Crippen LogP contribution >= 0.6 is 0 Å². The quantitative estimate of drug-likeness (QED) is 0.849. The highest BCUT2D eigenvalue weighted by Crippen LogP contribution is 2.33. The molecule has 21 heavy (non-hydrogen) atoms. The van der Waals surface area contributed by atoms with Crippen molar-refractivity contribution in [2.45, 2.75) is 9.79 Å². The van der Waals surface area contributed by atoms with Gasteiger partial charge in [-0.3, -0.25) is 0 Å². The number of hydrogen-bond donors (Lipinski definition) is 0. The lowest BCUT2D eigenvalue weighted by Gasteiger charge is -2.11. The smallest absolute Gasteiger partial charge is 0.210 e. The second-order valence-electron chi connectivity index (χ2n) is 4.20. The molecule has 2 rings (SSSR count). The molecule has 0 saturated carbocycles. The van der Waals surface area contributed by atoms with Crippen molar-refractivity contribution < 1.29 is 22.6 Å². The summed E-state index contributed by atoms with van der Waals surface area (Å²) >= 11 is 0. The normalized spacial score (nSPS) is 11.0. The highest BCUT2D eigenvalue weighted by molar-refractivity contribution is 7.91. The van der Waals surface area contributed by atoms with Crippen molar-refractivity contribution >= 4 is 9.84 Å². The Morgan fingerprint density at radius 1 is 0.762 bits per heavy atom. The van der Waals surface area contributed by atoms with Crippen molar-refractivity contribution in [2.24, 2.45) is 0 Å². The van der Waals surface area contributed by atoms with Gasteiger partial charge in [0.2, 0.25) is 9.84 Å². The van der Waals surface area contributed by atoms with Crippen LogP contribution in [0.3, 0.4) is 0 Å². The van der Waals surface area contributed by atoms with Gasteiger partial charge in [0.15, 0.2) is 0 Å². The Bertz CT molecular complexity index is 720. The number of methoxy groups -OCH3 is 3. The summed E-state index contributed by atoms with van der Waals surface area (Å²) in [5.41, 5.74) is 0. The average molecular weight is 308 g/mol. The fourth-order valence-corrected chi connectivity index (χ4v) is 3.31. The standard InChI is InChI=1S/C15H16O5S/c1-18-11-4-7-13(8-5-11)21(16,17)15-10-12(19-2)6-9-14(15)20-3/h4-10H,1-3H3. The third kappa shape index (κ3) is 2.95. The van der Waals surface area contributed by atoms with E-state index in [2.05, 4.69) is 0 Å². The molecular weight excluding hydrogens is 292 g/mol. The van der Waals surface area contributed by atoms with Crippen LogP contribution in [0.5, 0.6) is 17.2 Å². The lowest BCUT2D eigenvalue weighted by Crippen LogP contribution is -2.05. The van der Waals surface area contributed by atoms with Crippen LogP contribution in [0.25, 0.3) is 0 Å². The van der Waals surface area contributed by atoms with Gasteiger partial charge in [0, 0.05) is 6.07 Å². The summed E-state index contributed by atoms with van der Waals surface area (Å²) in [6, 6.07) is 10.8. The van der Waals surface area contributed by atoms with E-state index in [4.69, 9.17) is 14.2 Å². The lowest BCUT2D eigenvalue weighted by molar-refractivity contribution is 0.392. The third-order valence-corrected chi connectivity index (χ3v) is 4.82. The minimum Gasteiger partial charge on any atom is -0.497 e. The maximum absolute atomic E-state index is 12.7. The minimum atomic E-state index is -3.70. The van der Waals surface area contributed by atoms with Gasteiger partial charge in [-0.15, -0.1) is 0 Å². The molecule has 0 fully saturated rings. The molecule has 0 amide bonds. The molecule has 0 bridgehead atoms. The molecule has 0 aliphatic heterocycles. The molecule has 6 heteroatoms. The van der Waals surface area contributed by atoms with Gasteiger partial charge in [-0.05, 0) is 36.4 Å². The largest absolute Gasteiger partial charge is 0.497 e. The van der Waals surface area contributed by atoms with Gasteiger partial charge >= 0.3 is 0 Å². The molecule has 2 aromatic rings. The van der Waals surface area contributed by atoms with Crippen molar-refractivity contribution in [1.29, 1.82) is 0 Å². The molecule has 0 atom stereocenters. The topological polar surface area (TPSA) is 61.8 Å². The summed E-state index contributed by atoms with van der Waals surface area (Å²) in [6.07, 6.45) is 0. The Kier molecular flexibility index (Phi) is 4.37. The predicted octanol–water partition coefficient (Wildman–Crippen LogP) is 2.55. The van der Waals surface area contributed by atoms with Crippen LogP contribution in [0, 0.1) is 0 Å². The van der Waals surface area contributed by atoms with Gasteiger partial charge in [0.1, 0.15) is 22.1 Å². The molecule has 0 unspecified atom stereocenters. The summed E-state index contributed by atoms with van der Waals surface area (Å²) in [5.74, 6) is 1.31. The van der Waals surface area contributed by atoms with Crippen molar-refractivity contribution in [3.8, 4) is 17.2 Å². The van der Waals surface area contributed by atoms with Gasteiger partial charge in [-0.1, -0.05) is 0 Å². The second-order valence-corrected chi connectivity index (χ2v) is 6.11. The molecule has 0 aliphatic rings. The van der Waals surface area contributed by atoms with Crippen LogP contribution in [0.2, 0.25) is 0 Å². The SMILES string of the molecule is COc1ccc(S(=O)(=O)c2cc(OC)ccc2OC)cc1. The molecule has 0 spiro atoms. The number of rotatable bonds is 5. The Balaban J connectivity index is 2.56. The van der Waals surface area contributed by atoms with E-state index in [0.29, 0.717) is 11.5 Å². The molecule has 5 nitrogen and oxygen atoms in total. The first-order valence-corrected chi connectivity index (χ1v) is 7.62. The summed E-state index contributed by atoms with van der Waals surface area (Å²) in [7, 11) is 0.726. The van der Waals surface area contributed by atoms with Crippen LogP contribution < -0.4 is 14.2 Å². The molecule has 0 saturated heterocycles. The number of ether oxygens (including phenoxy) is 3. The molecule has 0 aliphatic carbocycles. The van der Waals surface area contributed by atoms with E-state index >= 15 is 0 Å². The molecule has 0 radical (unpaired) electrons. The molecule has 0 N–H and O–H groups in total. The molecule has 0 heterocycles. The minimum absolute atomic E-state index is 0.0644. The summed E-state index contributed by atoms with van der Waals surface area (Å²) in [4.78, 5) is 0.226. The van der Waals surface area contributed by atoms with Gasteiger partial charge in [-0.25, -0.2) is 8.42 Å². The highest BCUT2D eigenvalue weighted by Gasteiger charge is 2.23. The maximum Gasteiger partial charge on any atom is 0.210 e. The zero-order chi connectivity index (χ0) is 15.5. The van der Waals surface area contributed by atoms with E-state index in [1.165, 1.54) is 39.5 Å². The molecular formula is C15H16O5S. The van der Waals surface area contributed by atoms with Gasteiger partial charge in [-0.2, -0.15) is 0 Å². The Hall–Kier alpha value is -2.21. The maximum atomic E-state index is 12.7. The highest BCUT2D eigenvalue weighted by atomic mass is 32.2. The predicted molar refractivity (Wildman–Crippen MR) is 78.0 cm³/mol. The fraction of sp³-hybridized carbons (Fsp3) is 0.200. The van der Waals surface area contributed by atoms with Crippen LogP contribution in [0.1, 0.15) is 0 Å². The fourth-order valence-electron chi connectivity index (χ4n) is 1.88.